The van der Waals surface area contributed by atoms with E-state index in [1.165, 1.54) is 0 Å². The van der Waals surface area contributed by atoms with Crippen LogP contribution in [0.25, 0.3) is 0 Å². The van der Waals surface area contributed by atoms with Crippen LogP contribution in [0.2, 0.25) is 0 Å². The molecule has 1 saturated carbocycles. The third-order valence-corrected chi connectivity index (χ3v) is 5.77. The van der Waals surface area contributed by atoms with Crippen molar-refractivity contribution >= 4 is 11.8 Å². The van der Waals surface area contributed by atoms with E-state index in [9.17, 15) is 9.59 Å². The lowest BCUT2D eigenvalue weighted by Gasteiger charge is -2.34. The summed E-state index contributed by atoms with van der Waals surface area (Å²) in [5, 5.41) is 6.20. The van der Waals surface area contributed by atoms with Crippen LogP contribution in [0.4, 0.5) is 0 Å². The van der Waals surface area contributed by atoms with Crippen molar-refractivity contribution in [2.75, 3.05) is 6.54 Å². The summed E-state index contributed by atoms with van der Waals surface area (Å²) < 4.78 is 0. The zero-order valence-corrected chi connectivity index (χ0v) is 17.4. The maximum atomic E-state index is 12.8. The molecule has 1 heterocycles. The Kier molecular flexibility index (Phi) is 7.39. The van der Waals surface area contributed by atoms with E-state index in [2.05, 4.69) is 21.7 Å². The highest BCUT2D eigenvalue weighted by Gasteiger charge is 2.30. The molecule has 1 fully saturated rings. The van der Waals surface area contributed by atoms with Crippen LogP contribution in [0.1, 0.15) is 55.5 Å². The number of aromatic nitrogens is 1. The van der Waals surface area contributed by atoms with E-state index >= 15 is 0 Å². The summed E-state index contributed by atoms with van der Waals surface area (Å²) in [4.78, 5) is 28.5. The molecule has 3 rings (SSSR count). The van der Waals surface area contributed by atoms with Crippen LogP contribution in [-0.4, -0.2) is 23.3 Å². The first kappa shape index (κ1) is 21.0. The van der Waals surface area contributed by atoms with Crippen molar-refractivity contribution in [3.8, 4) is 0 Å². The minimum atomic E-state index is -0.0739. The molecule has 2 amide bonds. The second kappa shape index (κ2) is 10.2. The second-order valence-corrected chi connectivity index (χ2v) is 8.18. The van der Waals surface area contributed by atoms with Crippen molar-refractivity contribution in [3.63, 3.8) is 0 Å². The van der Waals surface area contributed by atoms with Gasteiger partial charge in [0.15, 0.2) is 0 Å². The van der Waals surface area contributed by atoms with Crippen molar-refractivity contribution < 1.29 is 9.59 Å². The number of nitrogens with one attached hydrogen (secondary N) is 2. The van der Waals surface area contributed by atoms with Crippen molar-refractivity contribution in [3.05, 3.63) is 65.5 Å². The highest BCUT2D eigenvalue weighted by molar-refractivity contribution is 5.79. The van der Waals surface area contributed by atoms with Gasteiger partial charge in [-0.05, 0) is 62.1 Å². The van der Waals surface area contributed by atoms with Crippen molar-refractivity contribution in [1.29, 1.82) is 0 Å². The molecular weight excluding hydrogens is 362 g/mol. The first-order valence-corrected chi connectivity index (χ1v) is 10.5. The second-order valence-electron chi connectivity index (χ2n) is 8.18. The molecule has 0 radical (unpaired) electrons. The van der Waals surface area contributed by atoms with E-state index in [0.29, 0.717) is 18.3 Å². The number of carbonyl (C=O) groups is 2. The molecule has 154 valence electrons. The molecule has 1 atom stereocenters. The lowest BCUT2D eigenvalue weighted by atomic mass is 9.77. The lowest BCUT2D eigenvalue weighted by molar-refractivity contribution is -0.122. The van der Waals surface area contributed by atoms with E-state index in [1.54, 1.807) is 13.1 Å². The first-order chi connectivity index (χ1) is 14.0. The maximum Gasteiger partial charge on any atom is 0.224 e. The van der Waals surface area contributed by atoms with Gasteiger partial charge in [-0.25, -0.2) is 0 Å². The van der Waals surface area contributed by atoms with Crippen LogP contribution in [0.3, 0.4) is 0 Å². The quantitative estimate of drug-likeness (QED) is 0.753. The van der Waals surface area contributed by atoms with Crippen LogP contribution in [0.15, 0.2) is 48.7 Å². The van der Waals surface area contributed by atoms with Crippen LogP contribution in [-0.2, 0) is 16.0 Å². The number of pyridine rings is 1. The molecule has 0 unspecified atom stereocenters. The molecule has 5 nitrogen and oxygen atoms in total. The molecule has 1 aliphatic rings. The molecule has 1 aliphatic carbocycles. The third kappa shape index (κ3) is 6.41. The van der Waals surface area contributed by atoms with E-state index < -0.39 is 0 Å². The van der Waals surface area contributed by atoms with Gasteiger partial charge < -0.3 is 10.6 Å². The van der Waals surface area contributed by atoms with Gasteiger partial charge in [-0.15, -0.1) is 0 Å². The van der Waals surface area contributed by atoms with Crippen LogP contribution < -0.4 is 10.6 Å². The zero-order chi connectivity index (χ0) is 20.6. The highest BCUT2D eigenvalue weighted by Crippen LogP contribution is 2.36. The summed E-state index contributed by atoms with van der Waals surface area (Å²) in [5.74, 6) is 0.941. The van der Waals surface area contributed by atoms with Crippen LogP contribution >= 0.6 is 0 Å². The number of nitrogens with zero attached hydrogens (tertiary/aromatic N) is 1. The molecule has 0 aliphatic heterocycles. The Morgan fingerprint density at radius 3 is 2.55 bits per heavy atom. The fourth-order valence-electron chi connectivity index (χ4n) is 4.24. The third-order valence-electron chi connectivity index (χ3n) is 5.77. The van der Waals surface area contributed by atoms with Gasteiger partial charge >= 0.3 is 0 Å². The Labute approximate surface area is 173 Å². The Balaban J connectivity index is 1.64. The van der Waals surface area contributed by atoms with Crippen LogP contribution in [0.5, 0.6) is 0 Å². The van der Waals surface area contributed by atoms with E-state index in [4.69, 9.17) is 0 Å². The van der Waals surface area contributed by atoms with E-state index in [1.807, 2.05) is 43.3 Å². The normalized spacial score (nSPS) is 19.9. The summed E-state index contributed by atoms with van der Waals surface area (Å²) in [7, 11) is 0. The van der Waals surface area contributed by atoms with Gasteiger partial charge in [0.2, 0.25) is 11.8 Å². The number of hydrogen-bond donors (Lipinski definition) is 2. The van der Waals surface area contributed by atoms with Crippen LogP contribution in [0, 0.1) is 18.8 Å². The fourth-order valence-corrected chi connectivity index (χ4v) is 4.24. The molecule has 0 spiro atoms. The van der Waals surface area contributed by atoms with E-state index in [-0.39, 0.29) is 17.9 Å². The van der Waals surface area contributed by atoms with Gasteiger partial charge in [0.05, 0.1) is 18.2 Å². The van der Waals surface area contributed by atoms with Gasteiger partial charge in [-0.2, -0.15) is 0 Å². The van der Waals surface area contributed by atoms with Gasteiger partial charge in [0.1, 0.15) is 0 Å². The monoisotopic (exact) mass is 393 g/mol. The van der Waals surface area contributed by atoms with Crippen molar-refractivity contribution in [2.24, 2.45) is 11.8 Å². The molecule has 0 saturated heterocycles. The summed E-state index contributed by atoms with van der Waals surface area (Å²) in [5.41, 5.74) is 3.12. The topological polar surface area (TPSA) is 71.1 Å². The van der Waals surface area contributed by atoms with Crippen molar-refractivity contribution in [1.82, 2.24) is 15.6 Å². The molecular formula is C24H31N3O2. The molecule has 1 aromatic carbocycles. The Bertz CT molecular complexity index is 814. The van der Waals surface area contributed by atoms with E-state index in [0.717, 1.165) is 49.0 Å². The molecule has 2 N–H and O–H groups in total. The number of carbonyl (C=O) groups excluding carboxylic acids is 2. The molecule has 2 aromatic rings. The average Bonchev–Trinajstić information content (AvgIpc) is 2.71. The average molecular weight is 394 g/mol. The van der Waals surface area contributed by atoms with Gasteiger partial charge in [0.25, 0.3) is 0 Å². The largest absolute Gasteiger partial charge is 0.356 e. The highest BCUT2D eigenvalue weighted by atomic mass is 16.2. The SMILES string of the molecule is CC(=O)NCC1CCC([C@H](NC(=O)Cc2cccc(C)c2)c2ccccn2)CC1. The summed E-state index contributed by atoms with van der Waals surface area (Å²) in [6.07, 6.45) is 6.33. The molecule has 29 heavy (non-hydrogen) atoms. The number of aryl methyl sites for hydroxylation is 1. The number of hydrogen-bond acceptors (Lipinski definition) is 3. The zero-order valence-electron chi connectivity index (χ0n) is 17.4. The molecule has 1 aromatic heterocycles. The number of benzene rings is 1. The minimum Gasteiger partial charge on any atom is -0.356 e. The van der Waals surface area contributed by atoms with Crippen molar-refractivity contribution in [2.45, 2.75) is 52.0 Å². The summed E-state index contributed by atoms with van der Waals surface area (Å²) in [6, 6.07) is 13.9. The standard InChI is InChI=1S/C24H31N3O2/c1-17-6-5-7-20(14-17)15-23(29)27-24(22-8-3-4-13-25-22)21-11-9-19(10-12-21)16-26-18(2)28/h3-8,13-14,19,21,24H,9-12,15-16H2,1-2H3,(H,26,28)(H,27,29)/t19?,21?,24-/m0/s1. The Morgan fingerprint density at radius 2 is 1.90 bits per heavy atom. The predicted octanol–water partition coefficient (Wildman–Crippen LogP) is 3.73. The number of amides is 2. The summed E-state index contributed by atoms with van der Waals surface area (Å²) >= 11 is 0. The minimum absolute atomic E-state index is 0.0295. The first-order valence-electron chi connectivity index (χ1n) is 10.5. The Hall–Kier alpha value is -2.69. The maximum absolute atomic E-state index is 12.8. The number of rotatable bonds is 7. The lowest BCUT2D eigenvalue weighted by Crippen LogP contribution is -2.37. The van der Waals surface area contributed by atoms with Gasteiger partial charge in [-0.3, -0.25) is 14.6 Å². The fraction of sp³-hybridized carbons (Fsp3) is 0.458. The van der Waals surface area contributed by atoms with Gasteiger partial charge in [0, 0.05) is 19.7 Å². The molecule has 5 heteroatoms. The molecule has 0 bridgehead atoms. The smallest absolute Gasteiger partial charge is 0.224 e. The Morgan fingerprint density at radius 1 is 1.10 bits per heavy atom. The predicted molar refractivity (Wildman–Crippen MR) is 114 cm³/mol. The summed E-state index contributed by atoms with van der Waals surface area (Å²) in [6.45, 7) is 4.35. The van der Waals surface area contributed by atoms with Gasteiger partial charge in [-0.1, -0.05) is 35.9 Å².